The zero-order chi connectivity index (χ0) is 21.8. The molecular formula is C25H25N5O2. The van der Waals surface area contributed by atoms with Gasteiger partial charge < -0.3 is 19.4 Å². The van der Waals surface area contributed by atoms with E-state index in [0.717, 1.165) is 29.1 Å². The van der Waals surface area contributed by atoms with Crippen LogP contribution < -0.4 is 5.32 Å². The van der Waals surface area contributed by atoms with Gasteiger partial charge in [0, 0.05) is 43.3 Å². The van der Waals surface area contributed by atoms with Crippen molar-refractivity contribution in [3.63, 3.8) is 0 Å². The van der Waals surface area contributed by atoms with Crippen LogP contribution in [0.5, 0.6) is 0 Å². The van der Waals surface area contributed by atoms with Crippen LogP contribution in [0.3, 0.4) is 0 Å². The van der Waals surface area contributed by atoms with Gasteiger partial charge in [0.05, 0.1) is 36.4 Å². The minimum absolute atomic E-state index is 0.0116. The lowest BCUT2D eigenvalue weighted by atomic mass is 10.0. The Hall–Kier alpha value is -3.71. The summed E-state index contributed by atoms with van der Waals surface area (Å²) in [6, 6.07) is 17.5. The van der Waals surface area contributed by atoms with E-state index in [-0.39, 0.29) is 11.8 Å². The Morgan fingerprint density at radius 2 is 1.94 bits per heavy atom. The smallest absolute Gasteiger partial charge is 0.256 e. The van der Waals surface area contributed by atoms with E-state index in [2.05, 4.69) is 15.3 Å². The number of aromatic nitrogens is 3. The number of carbonyl (C=O) groups excluding carboxylic acids is 1. The minimum atomic E-state index is 0.0116. The van der Waals surface area contributed by atoms with Crippen LogP contribution in [0, 0.1) is 5.92 Å². The molecule has 3 heterocycles. The molecule has 162 valence electrons. The van der Waals surface area contributed by atoms with Crippen LogP contribution in [-0.4, -0.2) is 51.5 Å². The summed E-state index contributed by atoms with van der Waals surface area (Å²) in [6.45, 7) is 2.34. The highest BCUT2D eigenvalue weighted by Crippen LogP contribution is 2.23. The highest BCUT2D eigenvalue weighted by Gasteiger charge is 2.25. The molecule has 1 aliphatic rings. The molecule has 1 aliphatic heterocycles. The monoisotopic (exact) mass is 427 g/mol. The van der Waals surface area contributed by atoms with Crippen molar-refractivity contribution in [2.75, 3.05) is 31.6 Å². The van der Waals surface area contributed by atoms with E-state index < -0.39 is 0 Å². The SMILES string of the molecule is O=C(c1ccccc1Nc1ccccc1)N1CCOC[C@H](Cc2cn3ccnc3cn2)C1. The molecule has 0 radical (unpaired) electrons. The number of ether oxygens (including phenoxy) is 1. The zero-order valence-corrected chi connectivity index (χ0v) is 17.7. The number of carbonyl (C=O) groups is 1. The fraction of sp³-hybridized carbons (Fsp3) is 0.240. The van der Waals surface area contributed by atoms with E-state index in [1.54, 1.807) is 12.4 Å². The van der Waals surface area contributed by atoms with Gasteiger partial charge in [0.1, 0.15) is 0 Å². The maximum Gasteiger partial charge on any atom is 0.256 e. The number of fused-ring (bicyclic) bond motifs is 1. The van der Waals surface area contributed by atoms with E-state index in [1.807, 2.05) is 76.3 Å². The van der Waals surface area contributed by atoms with Crippen molar-refractivity contribution in [2.45, 2.75) is 6.42 Å². The molecule has 2 aromatic heterocycles. The van der Waals surface area contributed by atoms with Gasteiger partial charge in [-0.25, -0.2) is 4.98 Å². The number of nitrogens with one attached hydrogen (secondary N) is 1. The molecule has 1 saturated heterocycles. The summed E-state index contributed by atoms with van der Waals surface area (Å²) in [5.74, 6) is 0.182. The lowest BCUT2D eigenvalue weighted by molar-refractivity contribution is 0.0738. The number of para-hydroxylation sites is 2. The standard InChI is InChI=1S/C25H25N5O2/c31-25(22-8-4-5-9-23(22)28-20-6-2-1-3-7-20)30-12-13-32-18-19(16-30)14-21-17-29-11-10-26-24(29)15-27-21/h1-11,15,17,19,28H,12-14,16,18H2/t19-/m1/s1. The van der Waals surface area contributed by atoms with Crippen LogP contribution >= 0.6 is 0 Å². The first-order valence-corrected chi connectivity index (χ1v) is 10.8. The summed E-state index contributed by atoms with van der Waals surface area (Å²) < 4.78 is 7.80. The zero-order valence-electron chi connectivity index (χ0n) is 17.7. The molecule has 0 bridgehead atoms. The van der Waals surface area contributed by atoms with Gasteiger partial charge in [-0.05, 0) is 30.7 Å². The molecule has 0 aliphatic carbocycles. The van der Waals surface area contributed by atoms with E-state index in [0.29, 0.717) is 31.9 Å². The molecule has 2 aromatic carbocycles. The molecule has 1 atom stereocenters. The van der Waals surface area contributed by atoms with Crippen molar-refractivity contribution in [3.8, 4) is 0 Å². The van der Waals surface area contributed by atoms with Crippen LogP contribution in [-0.2, 0) is 11.2 Å². The second kappa shape index (κ2) is 9.20. The Bertz CT molecular complexity index is 1210. The number of amides is 1. The average molecular weight is 428 g/mol. The summed E-state index contributed by atoms with van der Waals surface area (Å²) in [6.07, 6.45) is 8.19. The van der Waals surface area contributed by atoms with Crippen molar-refractivity contribution in [1.82, 2.24) is 19.3 Å². The molecule has 0 unspecified atom stereocenters. The number of hydrogen-bond acceptors (Lipinski definition) is 5. The Labute approximate surface area is 186 Å². The molecule has 7 nitrogen and oxygen atoms in total. The number of nitrogens with zero attached hydrogens (tertiary/aromatic N) is 4. The molecule has 1 amide bonds. The Kier molecular flexibility index (Phi) is 5.81. The second-order valence-corrected chi connectivity index (χ2v) is 8.00. The third kappa shape index (κ3) is 4.48. The predicted octanol–water partition coefficient (Wildman–Crippen LogP) is 3.80. The fourth-order valence-corrected chi connectivity index (χ4v) is 4.08. The van der Waals surface area contributed by atoms with Crippen LogP contribution in [0.25, 0.3) is 5.65 Å². The average Bonchev–Trinajstić information content (AvgIpc) is 3.17. The molecule has 7 heteroatoms. The Morgan fingerprint density at radius 1 is 1.09 bits per heavy atom. The number of hydrogen-bond donors (Lipinski definition) is 1. The maximum atomic E-state index is 13.5. The molecule has 5 rings (SSSR count). The lowest BCUT2D eigenvalue weighted by Gasteiger charge is -2.25. The van der Waals surface area contributed by atoms with E-state index in [9.17, 15) is 4.79 Å². The van der Waals surface area contributed by atoms with Crippen molar-refractivity contribution < 1.29 is 9.53 Å². The lowest BCUT2D eigenvalue weighted by Crippen LogP contribution is -2.36. The summed E-state index contributed by atoms with van der Waals surface area (Å²) in [5, 5.41) is 3.38. The predicted molar refractivity (Wildman–Crippen MR) is 123 cm³/mol. The molecule has 1 fully saturated rings. The Morgan fingerprint density at radius 3 is 2.84 bits per heavy atom. The number of imidazole rings is 1. The highest BCUT2D eigenvalue weighted by molar-refractivity contribution is 6.00. The fourth-order valence-electron chi connectivity index (χ4n) is 4.08. The van der Waals surface area contributed by atoms with Gasteiger partial charge in [0.15, 0.2) is 5.65 Å². The molecular weight excluding hydrogens is 402 g/mol. The molecule has 32 heavy (non-hydrogen) atoms. The first-order chi connectivity index (χ1) is 15.8. The van der Waals surface area contributed by atoms with Crippen molar-refractivity contribution in [3.05, 3.63) is 90.6 Å². The highest BCUT2D eigenvalue weighted by atomic mass is 16.5. The molecule has 0 spiro atoms. The normalized spacial score (nSPS) is 16.6. The molecule has 1 N–H and O–H groups in total. The van der Waals surface area contributed by atoms with Crippen LogP contribution in [0.1, 0.15) is 16.1 Å². The topological polar surface area (TPSA) is 71.8 Å². The summed E-state index contributed by atoms with van der Waals surface area (Å²) in [7, 11) is 0. The van der Waals surface area contributed by atoms with Gasteiger partial charge in [-0.3, -0.25) is 9.78 Å². The van der Waals surface area contributed by atoms with Gasteiger partial charge in [0.25, 0.3) is 5.91 Å². The van der Waals surface area contributed by atoms with E-state index >= 15 is 0 Å². The first kappa shape index (κ1) is 20.2. The quantitative estimate of drug-likeness (QED) is 0.525. The van der Waals surface area contributed by atoms with Crippen molar-refractivity contribution in [2.24, 2.45) is 5.92 Å². The van der Waals surface area contributed by atoms with Gasteiger partial charge in [-0.1, -0.05) is 30.3 Å². The second-order valence-electron chi connectivity index (χ2n) is 8.00. The van der Waals surface area contributed by atoms with E-state index in [4.69, 9.17) is 4.74 Å². The third-order valence-electron chi connectivity index (χ3n) is 5.67. The van der Waals surface area contributed by atoms with Crippen LogP contribution in [0.4, 0.5) is 11.4 Å². The first-order valence-electron chi connectivity index (χ1n) is 10.8. The minimum Gasteiger partial charge on any atom is -0.379 e. The van der Waals surface area contributed by atoms with Crippen LogP contribution in [0.15, 0.2) is 79.4 Å². The van der Waals surface area contributed by atoms with Gasteiger partial charge >= 0.3 is 0 Å². The summed E-state index contributed by atoms with van der Waals surface area (Å²) in [4.78, 5) is 24.2. The van der Waals surface area contributed by atoms with E-state index in [1.165, 1.54) is 0 Å². The number of anilines is 2. The number of benzene rings is 2. The van der Waals surface area contributed by atoms with Gasteiger partial charge in [-0.15, -0.1) is 0 Å². The summed E-state index contributed by atoms with van der Waals surface area (Å²) in [5.41, 5.74) is 4.20. The largest absolute Gasteiger partial charge is 0.379 e. The van der Waals surface area contributed by atoms with Gasteiger partial charge in [0.2, 0.25) is 0 Å². The van der Waals surface area contributed by atoms with Crippen LogP contribution in [0.2, 0.25) is 0 Å². The Balaban J connectivity index is 1.33. The molecule has 0 saturated carbocycles. The number of rotatable bonds is 5. The third-order valence-corrected chi connectivity index (χ3v) is 5.67. The summed E-state index contributed by atoms with van der Waals surface area (Å²) >= 11 is 0. The molecule has 4 aromatic rings. The van der Waals surface area contributed by atoms with Crippen molar-refractivity contribution >= 4 is 22.9 Å². The maximum absolute atomic E-state index is 13.5. The van der Waals surface area contributed by atoms with Gasteiger partial charge in [-0.2, -0.15) is 0 Å². The van der Waals surface area contributed by atoms with Crippen molar-refractivity contribution in [1.29, 1.82) is 0 Å².